The van der Waals surface area contributed by atoms with Crippen LogP contribution in [0.5, 0.6) is 0 Å². The van der Waals surface area contributed by atoms with Crippen molar-refractivity contribution in [3.05, 3.63) is 34.8 Å². The smallest absolute Gasteiger partial charge is 0.140 e. The summed E-state index contributed by atoms with van der Waals surface area (Å²) >= 11 is 0. The lowest BCUT2D eigenvalue weighted by molar-refractivity contribution is 0.505. The van der Waals surface area contributed by atoms with E-state index >= 15 is 0 Å². The minimum Gasteiger partial charge on any atom is -0.459 e. The van der Waals surface area contributed by atoms with Crippen LogP contribution in [0.2, 0.25) is 0 Å². The first-order valence-electron chi connectivity index (χ1n) is 7.18. The second-order valence-electron chi connectivity index (χ2n) is 5.94. The number of halogens is 1. The molecule has 2 aliphatic rings. The number of fused-ring (bicyclic) bond motifs is 1. The molecule has 2 nitrogen and oxygen atoms in total. The summed E-state index contributed by atoms with van der Waals surface area (Å²) in [4.78, 5) is 0. The molecule has 2 fully saturated rings. The van der Waals surface area contributed by atoms with Crippen LogP contribution in [0.15, 0.2) is 16.5 Å². The lowest BCUT2D eigenvalue weighted by Gasteiger charge is -2.03. The molecule has 4 rings (SSSR count). The van der Waals surface area contributed by atoms with Crippen molar-refractivity contribution >= 4 is 11.0 Å². The van der Waals surface area contributed by atoms with E-state index in [0.717, 1.165) is 34.4 Å². The highest BCUT2D eigenvalue weighted by Gasteiger charge is 2.33. The fraction of sp³-hybridized carbons (Fsp3) is 0.500. The molecule has 0 aliphatic heterocycles. The van der Waals surface area contributed by atoms with Crippen molar-refractivity contribution in [3.8, 4) is 0 Å². The van der Waals surface area contributed by atoms with E-state index in [9.17, 15) is 4.39 Å². The molecule has 0 radical (unpaired) electrons. The van der Waals surface area contributed by atoms with Crippen LogP contribution in [0.3, 0.4) is 0 Å². The second-order valence-corrected chi connectivity index (χ2v) is 5.94. The number of nitrogens with one attached hydrogen (secondary N) is 1. The first-order chi connectivity index (χ1) is 9.24. The first-order valence-corrected chi connectivity index (χ1v) is 7.18. The van der Waals surface area contributed by atoms with Gasteiger partial charge in [-0.05, 0) is 50.2 Å². The highest BCUT2D eigenvalue weighted by atomic mass is 19.1. The largest absolute Gasteiger partial charge is 0.459 e. The SMILES string of the molecule is Cc1ccc(F)c2c(C3CC3)c(CNC3CC3)oc12. The van der Waals surface area contributed by atoms with Gasteiger partial charge in [-0.15, -0.1) is 0 Å². The number of rotatable bonds is 4. The summed E-state index contributed by atoms with van der Waals surface area (Å²) in [6.07, 6.45) is 4.84. The zero-order chi connectivity index (χ0) is 13.0. The molecule has 100 valence electrons. The van der Waals surface area contributed by atoms with E-state index in [-0.39, 0.29) is 5.82 Å². The van der Waals surface area contributed by atoms with E-state index in [1.165, 1.54) is 25.7 Å². The van der Waals surface area contributed by atoms with Crippen LogP contribution in [0.1, 0.15) is 48.5 Å². The van der Waals surface area contributed by atoms with Gasteiger partial charge in [0.15, 0.2) is 0 Å². The van der Waals surface area contributed by atoms with Crippen molar-refractivity contribution in [1.29, 1.82) is 0 Å². The van der Waals surface area contributed by atoms with Crippen LogP contribution >= 0.6 is 0 Å². The van der Waals surface area contributed by atoms with Gasteiger partial charge in [0.1, 0.15) is 17.2 Å². The lowest BCUT2D eigenvalue weighted by Crippen LogP contribution is -2.15. The molecular weight excluding hydrogens is 241 g/mol. The number of hydrogen-bond donors (Lipinski definition) is 1. The Morgan fingerprint density at radius 3 is 2.74 bits per heavy atom. The third kappa shape index (κ3) is 1.96. The summed E-state index contributed by atoms with van der Waals surface area (Å²) in [5.74, 6) is 1.33. The van der Waals surface area contributed by atoms with E-state index in [2.05, 4.69) is 5.32 Å². The van der Waals surface area contributed by atoms with Crippen molar-refractivity contribution in [2.24, 2.45) is 0 Å². The molecule has 2 aromatic rings. The van der Waals surface area contributed by atoms with Gasteiger partial charge in [0, 0.05) is 11.6 Å². The van der Waals surface area contributed by atoms with E-state index < -0.39 is 0 Å². The minimum atomic E-state index is -0.135. The Morgan fingerprint density at radius 2 is 2.05 bits per heavy atom. The van der Waals surface area contributed by atoms with E-state index in [4.69, 9.17) is 4.42 Å². The summed E-state index contributed by atoms with van der Waals surface area (Å²) in [6, 6.07) is 4.01. The molecular formula is C16H18FNO. The average Bonchev–Trinajstić information content (AvgIpc) is 3.30. The fourth-order valence-corrected chi connectivity index (χ4v) is 2.82. The quantitative estimate of drug-likeness (QED) is 0.897. The van der Waals surface area contributed by atoms with Crippen molar-refractivity contribution in [2.75, 3.05) is 0 Å². The van der Waals surface area contributed by atoms with Gasteiger partial charge in [-0.25, -0.2) is 4.39 Å². The molecule has 1 N–H and O–H groups in total. The molecule has 0 spiro atoms. The number of hydrogen-bond acceptors (Lipinski definition) is 2. The Morgan fingerprint density at radius 1 is 1.26 bits per heavy atom. The molecule has 1 heterocycles. The maximum atomic E-state index is 14.2. The van der Waals surface area contributed by atoms with Crippen molar-refractivity contribution < 1.29 is 8.81 Å². The van der Waals surface area contributed by atoms with Gasteiger partial charge < -0.3 is 9.73 Å². The third-order valence-corrected chi connectivity index (χ3v) is 4.21. The third-order valence-electron chi connectivity index (χ3n) is 4.21. The average molecular weight is 259 g/mol. The second kappa shape index (κ2) is 4.07. The van der Waals surface area contributed by atoms with Crippen LogP contribution < -0.4 is 5.32 Å². The molecule has 1 aromatic heterocycles. The zero-order valence-corrected chi connectivity index (χ0v) is 11.1. The fourth-order valence-electron chi connectivity index (χ4n) is 2.82. The van der Waals surface area contributed by atoms with E-state index in [1.807, 2.05) is 6.92 Å². The Bertz CT molecular complexity index is 638. The molecule has 0 atom stereocenters. The van der Waals surface area contributed by atoms with Crippen molar-refractivity contribution in [3.63, 3.8) is 0 Å². The highest BCUT2D eigenvalue weighted by molar-refractivity contribution is 5.86. The minimum absolute atomic E-state index is 0.135. The Hall–Kier alpha value is -1.35. The highest BCUT2D eigenvalue weighted by Crippen LogP contribution is 2.47. The number of aryl methyl sites for hydroxylation is 1. The molecule has 0 unspecified atom stereocenters. The van der Waals surface area contributed by atoms with Crippen molar-refractivity contribution in [2.45, 2.75) is 51.1 Å². The molecule has 19 heavy (non-hydrogen) atoms. The van der Waals surface area contributed by atoms with Gasteiger partial charge in [0.05, 0.1) is 11.9 Å². The summed E-state index contributed by atoms with van der Waals surface area (Å²) in [5.41, 5.74) is 2.90. The van der Waals surface area contributed by atoms with Gasteiger partial charge in [0.2, 0.25) is 0 Å². The predicted molar refractivity (Wildman–Crippen MR) is 72.7 cm³/mol. The molecule has 1 aromatic carbocycles. The summed E-state index contributed by atoms with van der Waals surface area (Å²) < 4.78 is 20.1. The number of furan rings is 1. The predicted octanol–water partition coefficient (Wildman–Crippen LogP) is 4.01. The first kappa shape index (κ1) is 11.5. The monoisotopic (exact) mass is 259 g/mol. The van der Waals surface area contributed by atoms with Gasteiger partial charge in [-0.3, -0.25) is 0 Å². The Kier molecular flexibility index (Phi) is 2.46. The topological polar surface area (TPSA) is 25.2 Å². The van der Waals surface area contributed by atoms with Crippen LogP contribution in [-0.2, 0) is 6.54 Å². The molecule has 2 saturated carbocycles. The van der Waals surface area contributed by atoms with Crippen LogP contribution in [-0.4, -0.2) is 6.04 Å². The van der Waals surface area contributed by atoms with Gasteiger partial charge in [-0.1, -0.05) is 6.07 Å². The van der Waals surface area contributed by atoms with E-state index in [0.29, 0.717) is 12.0 Å². The Labute approximate surface area is 112 Å². The van der Waals surface area contributed by atoms with Crippen molar-refractivity contribution in [1.82, 2.24) is 5.32 Å². The zero-order valence-electron chi connectivity index (χ0n) is 11.1. The molecule has 0 saturated heterocycles. The van der Waals surface area contributed by atoms with E-state index in [1.54, 1.807) is 12.1 Å². The van der Waals surface area contributed by atoms with Gasteiger partial charge >= 0.3 is 0 Å². The summed E-state index contributed by atoms with van der Waals surface area (Å²) in [7, 11) is 0. The summed E-state index contributed by atoms with van der Waals surface area (Å²) in [6.45, 7) is 2.73. The standard InChI is InChI=1S/C16H18FNO/c1-9-2-7-12(17)15-14(10-3-4-10)13(19-16(9)15)8-18-11-5-6-11/h2,7,10-11,18H,3-6,8H2,1H3. The maximum absolute atomic E-state index is 14.2. The molecule has 0 amide bonds. The maximum Gasteiger partial charge on any atom is 0.140 e. The number of benzene rings is 1. The van der Waals surface area contributed by atoms with Gasteiger partial charge in [-0.2, -0.15) is 0 Å². The summed E-state index contributed by atoms with van der Waals surface area (Å²) in [5, 5.41) is 4.21. The van der Waals surface area contributed by atoms with Crippen LogP contribution in [0.25, 0.3) is 11.0 Å². The lowest BCUT2D eigenvalue weighted by atomic mass is 10.0. The molecule has 2 aliphatic carbocycles. The molecule has 3 heteroatoms. The Balaban J connectivity index is 1.83. The van der Waals surface area contributed by atoms with Crippen LogP contribution in [0, 0.1) is 12.7 Å². The molecule has 0 bridgehead atoms. The van der Waals surface area contributed by atoms with Gasteiger partial charge in [0.25, 0.3) is 0 Å². The van der Waals surface area contributed by atoms with Crippen LogP contribution in [0.4, 0.5) is 4.39 Å². The normalized spacial score (nSPS) is 19.3.